The number of amides is 2. The average Bonchev–Trinajstić information content (AvgIpc) is 3.16. The zero-order valence-electron chi connectivity index (χ0n) is 13.6. The van der Waals surface area contributed by atoms with E-state index in [1.165, 1.54) is 0 Å². The molecule has 0 saturated carbocycles. The Morgan fingerprint density at radius 3 is 2.08 bits per heavy atom. The Labute approximate surface area is 142 Å². The van der Waals surface area contributed by atoms with Crippen LogP contribution in [-0.4, -0.2) is 24.4 Å². The van der Waals surface area contributed by atoms with E-state index in [-0.39, 0.29) is 30.2 Å². The lowest BCUT2D eigenvalue weighted by Crippen LogP contribution is -2.43. The van der Waals surface area contributed by atoms with Gasteiger partial charge < -0.3 is 5.32 Å². The van der Waals surface area contributed by atoms with Crippen LogP contribution in [-0.2, 0) is 9.59 Å². The minimum absolute atomic E-state index is 0.0586. The maximum Gasteiger partial charge on any atom is 0.243 e. The lowest BCUT2D eigenvalue weighted by molar-refractivity contribution is -0.131. The largest absolute Gasteiger partial charge is 0.306 e. The molecule has 24 heavy (non-hydrogen) atoms. The van der Waals surface area contributed by atoms with E-state index in [1.807, 2.05) is 60.7 Å². The highest BCUT2D eigenvalue weighted by Gasteiger charge is 2.25. The third-order valence-electron chi connectivity index (χ3n) is 4.43. The molecule has 0 aliphatic carbocycles. The molecule has 0 bridgehead atoms. The Kier molecular flexibility index (Phi) is 5.39. The van der Waals surface area contributed by atoms with E-state index < -0.39 is 0 Å². The molecule has 0 spiro atoms. The first-order valence-corrected chi connectivity index (χ1v) is 8.41. The van der Waals surface area contributed by atoms with E-state index in [9.17, 15) is 9.59 Å². The molecule has 2 N–H and O–H groups in total. The van der Waals surface area contributed by atoms with Crippen molar-refractivity contribution in [2.24, 2.45) is 0 Å². The van der Waals surface area contributed by atoms with Crippen LogP contribution in [0.2, 0.25) is 0 Å². The zero-order valence-corrected chi connectivity index (χ0v) is 13.6. The molecule has 1 heterocycles. The Morgan fingerprint density at radius 1 is 1.00 bits per heavy atom. The molecule has 0 radical (unpaired) electrons. The van der Waals surface area contributed by atoms with Crippen molar-refractivity contribution < 1.29 is 9.59 Å². The monoisotopic (exact) mass is 322 g/mol. The third kappa shape index (κ3) is 4.09. The van der Waals surface area contributed by atoms with Gasteiger partial charge in [-0.1, -0.05) is 60.7 Å². The van der Waals surface area contributed by atoms with E-state index >= 15 is 0 Å². The third-order valence-corrected chi connectivity index (χ3v) is 4.43. The predicted octanol–water partition coefficient (Wildman–Crippen LogP) is 2.60. The van der Waals surface area contributed by atoms with Crippen molar-refractivity contribution in [2.75, 3.05) is 6.54 Å². The quantitative estimate of drug-likeness (QED) is 0.889. The molecule has 4 nitrogen and oxygen atoms in total. The van der Waals surface area contributed by atoms with Gasteiger partial charge in [0.2, 0.25) is 11.8 Å². The summed E-state index contributed by atoms with van der Waals surface area (Å²) in [7, 11) is 0. The SMILES string of the molecule is O=C(CC(c1ccccc1)c1ccccc1)NC(=O)[C@@H]1CCCN1. The Bertz CT molecular complexity index is 640. The highest BCUT2D eigenvalue weighted by Crippen LogP contribution is 2.27. The van der Waals surface area contributed by atoms with E-state index in [4.69, 9.17) is 0 Å². The van der Waals surface area contributed by atoms with Gasteiger partial charge in [-0.15, -0.1) is 0 Å². The first-order valence-electron chi connectivity index (χ1n) is 8.41. The summed E-state index contributed by atoms with van der Waals surface area (Å²) in [5.41, 5.74) is 2.15. The lowest BCUT2D eigenvalue weighted by Gasteiger charge is -2.18. The normalized spacial score (nSPS) is 17.0. The molecular formula is C20H22N2O2. The maximum absolute atomic E-state index is 12.4. The first-order chi connectivity index (χ1) is 11.7. The number of carbonyl (C=O) groups is 2. The van der Waals surface area contributed by atoms with E-state index in [0.717, 1.165) is 30.5 Å². The van der Waals surface area contributed by atoms with Crippen LogP contribution >= 0.6 is 0 Å². The Balaban J connectivity index is 1.72. The van der Waals surface area contributed by atoms with Crippen LogP contribution in [0.3, 0.4) is 0 Å². The molecule has 2 aromatic carbocycles. The summed E-state index contributed by atoms with van der Waals surface area (Å²) in [4.78, 5) is 24.5. The van der Waals surface area contributed by atoms with Crippen molar-refractivity contribution in [3.05, 3.63) is 71.8 Å². The fourth-order valence-corrected chi connectivity index (χ4v) is 3.17. The fraction of sp³-hybridized carbons (Fsp3) is 0.300. The van der Waals surface area contributed by atoms with E-state index in [1.54, 1.807) is 0 Å². The van der Waals surface area contributed by atoms with Crippen LogP contribution in [0.15, 0.2) is 60.7 Å². The number of hydrogen-bond donors (Lipinski definition) is 2. The van der Waals surface area contributed by atoms with Gasteiger partial charge in [0, 0.05) is 12.3 Å². The first kappa shape index (κ1) is 16.4. The second kappa shape index (κ2) is 7.88. The topological polar surface area (TPSA) is 58.2 Å². The van der Waals surface area contributed by atoms with Crippen molar-refractivity contribution in [2.45, 2.75) is 31.2 Å². The van der Waals surface area contributed by atoms with Gasteiger partial charge in [0.05, 0.1) is 6.04 Å². The van der Waals surface area contributed by atoms with Gasteiger partial charge in [-0.05, 0) is 30.5 Å². The summed E-state index contributed by atoms with van der Waals surface area (Å²) in [6.07, 6.45) is 2.02. The maximum atomic E-state index is 12.4. The molecule has 1 fully saturated rings. The highest BCUT2D eigenvalue weighted by atomic mass is 16.2. The minimum atomic E-state index is -0.235. The molecule has 1 saturated heterocycles. The zero-order chi connectivity index (χ0) is 16.8. The van der Waals surface area contributed by atoms with Crippen molar-refractivity contribution in [3.63, 3.8) is 0 Å². The second-order valence-electron chi connectivity index (χ2n) is 6.14. The van der Waals surface area contributed by atoms with Gasteiger partial charge in [-0.2, -0.15) is 0 Å². The van der Waals surface area contributed by atoms with Crippen LogP contribution in [0.4, 0.5) is 0 Å². The molecule has 1 atom stereocenters. The van der Waals surface area contributed by atoms with E-state index in [0.29, 0.717) is 0 Å². The van der Waals surface area contributed by atoms with Gasteiger partial charge in [-0.25, -0.2) is 0 Å². The van der Waals surface area contributed by atoms with Gasteiger partial charge in [0.1, 0.15) is 0 Å². The number of carbonyl (C=O) groups excluding carboxylic acids is 2. The second-order valence-corrected chi connectivity index (χ2v) is 6.14. The number of imide groups is 1. The van der Waals surface area contributed by atoms with E-state index in [2.05, 4.69) is 10.6 Å². The lowest BCUT2D eigenvalue weighted by atomic mass is 9.88. The molecule has 4 heteroatoms. The van der Waals surface area contributed by atoms with Crippen molar-refractivity contribution in [1.29, 1.82) is 0 Å². The Hall–Kier alpha value is -2.46. The summed E-state index contributed by atoms with van der Waals surface area (Å²) >= 11 is 0. The minimum Gasteiger partial charge on any atom is -0.306 e. The number of hydrogen-bond acceptors (Lipinski definition) is 3. The van der Waals surface area contributed by atoms with Crippen LogP contribution in [0.1, 0.15) is 36.3 Å². The summed E-state index contributed by atoms with van der Waals surface area (Å²) < 4.78 is 0. The molecule has 124 valence electrons. The molecule has 0 unspecified atom stereocenters. The fourth-order valence-electron chi connectivity index (χ4n) is 3.17. The summed E-state index contributed by atoms with van der Waals surface area (Å²) in [6.45, 7) is 0.836. The molecule has 1 aliphatic heterocycles. The standard InChI is InChI=1S/C20H22N2O2/c23-19(22-20(24)18-12-7-13-21-18)14-17(15-8-3-1-4-9-15)16-10-5-2-6-11-16/h1-6,8-11,17-18,21H,7,12-14H2,(H,22,23,24)/t18-/m0/s1. The van der Waals surface area contributed by atoms with Crippen molar-refractivity contribution >= 4 is 11.8 Å². The van der Waals surface area contributed by atoms with Gasteiger partial charge in [0.15, 0.2) is 0 Å². The molecule has 2 amide bonds. The van der Waals surface area contributed by atoms with Crippen LogP contribution in [0.5, 0.6) is 0 Å². The van der Waals surface area contributed by atoms with Crippen molar-refractivity contribution in [1.82, 2.24) is 10.6 Å². The molecule has 2 aromatic rings. The highest BCUT2D eigenvalue weighted by molar-refractivity contribution is 5.98. The summed E-state index contributed by atoms with van der Waals surface area (Å²) in [5, 5.41) is 5.67. The molecule has 3 rings (SSSR count). The molecule has 1 aliphatic rings. The van der Waals surface area contributed by atoms with Crippen molar-refractivity contribution in [3.8, 4) is 0 Å². The average molecular weight is 322 g/mol. The summed E-state index contributed by atoms with van der Waals surface area (Å²) in [6, 6.07) is 19.6. The smallest absolute Gasteiger partial charge is 0.243 e. The summed E-state index contributed by atoms with van der Waals surface area (Å²) in [5.74, 6) is -0.500. The van der Waals surface area contributed by atoms with Crippen LogP contribution in [0.25, 0.3) is 0 Å². The van der Waals surface area contributed by atoms with Gasteiger partial charge in [0.25, 0.3) is 0 Å². The number of benzene rings is 2. The van der Waals surface area contributed by atoms with Crippen LogP contribution < -0.4 is 10.6 Å². The van der Waals surface area contributed by atoms with Gasteiger partial charge in [-0.3, -0.25) is 14.9 Å². The predicted molar refractivity (Wildman–Crippen MR) is 93.5 cm³/mol. The van der Waals surface area contributed by atoms with Gasteiger partial charge >= 0.3 is 0 Å². The molecular weight excluding hydrogens is 300 g/mol. The number of rotatable bonds is 5. The van der Waals surface area contributed by atoms with Crippen LogP contribution in [0, 0.1) is 0 Å². The molecule has 0 aromatic heterocycles. The number of nitrogens with one attached hydrogen (secondary N) is 2. The Morgan fingerprint density at radius 2 is 1.58 bits per heavy atom.